The highest BCUT2D eigenvalue weighted by atomic mass is 16.5. The highest BCUT2D eigenvalue weighted by Crippen LogP contribution is 2.17. The monoisotopic (exact) mass is 335 g/mol. The minimum Gasteiger partial charge on any atom is -0.448 e. The molecule has 0 aliphatic heterocycles. The Hall–Kier alpha value is -2.64. The van der Waals surface area contributed by atoms with Crippen molar-refractivity contribution in [1.82, 2.24) is 15.6 Å². The number of aromatic amines is 1. The van der Waals surface area contributed by atoms with E-state index in [0.717, 1.165) is 25.7 Å². The van der Waals surface area contributed by atoms with E-state index in [1.165, 1.54) is 26.1 Å². The Bertz CT molecular complexity index is 646. The second kappa shape index (κ2) is 7.76. The number of carbonyl (C=O) groups is 4. The Balaban J connectivity index is 1.82. The number of hydrogen-bond donors (Lipinski definition) is 3. The van der Waals surface area contributed by atoms with E-state index < -0.39 is 24.0 Å². The van der Waals surface area contributed by atoms with Gasteiger partial charge in [-0.3, -0.25) is 14.9 Å². The van der Waals surface area contributed by atoms with Crippen LogP contribution in [0.1, 0.15) is 60.4 Å². The van der Waals surface area contributed by atoms with Crippen molar-refractivity contribution >= 4 is 23.7 Å². The summed E-state index contributed by atoms with van der Waals surface area (Å²) in [4.78, 5) is 49.3. The second-order valence-corrected chi connectivity index (χ2v) is 5.85. The maximum Gasteiger partial charge on any atom is 0.355 e. The van der Waals surface area contributed by atoms with Crippen molar-refractivity contribution < 1.29 is 23.9 Å². The lowest BCUT2D eigenvalue weighted by molar-refractivity contribution is -0.127. The van der Waals surface area contributed by atoms with Crippen LogP contribution in [-0.2, 0) is 9.53 Å². The normalized spacial score (nSPS) is 15.6. The number of hydrogen-bond acceptors (Lipinski definition) is 5. The van der Waals surface area contributed by atoms with Gasteiger partial charge in [-0.05, 0) is 32.8 Å². The van der Waals surface area contributed by atoms with Crippen LogP contribution in [-0.4, -0.2) is 40.8 Å². The SMILES string of the molecule is CC(=O)c1c[nH]c(C(=O)O[C@H](C)C(=O)NC(=O)NC2CCCC2)c1. The number of esters is 1. The van der Waals surface area contributed by atoms with Gasteiger partial charge < -0.3 is 15.0 Å². The number of carbonyl (C=O) groups excluding carboxylic acids is 4. The first-order valence-corrected chi connectivity index (χ1v) is 7.88. The molecule has 3 amide bonds. The lowest BCUT2D eigenvalue weighted by Crippen LogP contribution is -2.47. The summed E-state index contributed by atoms with van der Waals surface area (Å²) in [6.07, 6.45) is 4.17. The average Bonchev–Trinajstić information content (AvgIpc) is 3.17. The molecular weight excluding hydrogens is 314 g/mol. The maximum absolute atomic E-state index is 11.9. The van der Waals surface area contributed by atoms with Crippen molar-refractivity contribution in [2.45, 2.75) is 51.7 Å². The molecule has 0 bridgehead atoms. The Morgan fingerprint density at radius 3 is 2.50 bits per heavy atom. The predicted octanol–water partition coefficient (Wildman–Crippen LogP) is 1.53. The first-order valence-electron chi connectivity index (χ1n) is 7.88. The molecule has 0 unspecified atom stereocenters. The molecule has 1 saturated carbocycles. The maximum atomic E-state index is 11.9. The minimum atomic E-state index is -1.14. The van der Waals surface area contributed by atoms with Crippen molar-refractivity contribution in [3.8, 4) is 0 Å². The van der Waals surface area contributed by atoms with Gasteiger partial charge in [0.15, 0.2) is 11.9 Å². The molecule has 1 aliphatic carbocycles. The summed E-state index contributed by atoms with van der Waals surface area (Å²) in [5, 5.41) is 4.87. The van der Waals surface area contributed by atoms with E-state index in [4.69, 9.17) is 4.74 Å². The number of ether oxygens (including phenoxy) is 1. The van der Waals surface area contributed by atoms with E-state index >= 15 is 0 Å². The molecule has 1 aliphatic rings. The number of Topliss-reactive ketones (excluding diaryl/α,β-unsaturated/α-hetero) is 1. The van der Waals surface area contributed by atoms with Crippen LogP contribution in [0.2, 0.25) is 0 Å². The molecule has 3 N–H and O–H groups in total. The first-order chi connectivity index (χ1) is 11.4. The molecule has 0 saturated heterocycles. The van der Waals surface area contributed by atoms with Crippen molar-refractivity contribution in [2.24, 2.45) is 0 Å². The van der Waals surface area contributed by atoms with Crippen LogP contribution in [0.5, 0.6) is 0 Å². The van der Waals surface area contributed by atoms with Gasteiger partial charge in [0.05, 0.1) is 0 Å². The van der Waals surface area contributed by atoms with Gasteiger partial charge in [0, 0.05) is 17.8 Å². The third-order valence-corrected chi connectivity index (χ3v) is 3.89. The number of ketones is 1. The van der Waals surface area contributed by atoms with Crippen LogP contribution >= 0.6 is 0 Å². The predicted molar refractivity (Wildman–Crippen MR) is 84.6 cm³/mol. The summed E-state index contributed by atoms with van der Waals surface area (Å²) >= 11 is 0. The fourth-order valence-electron chi connectivity index (χ4n) is 2.50. The lowest BCUT2D eigenvalue weighted by Gasteiger charge is -2.15. The van der Waals surface area contributed by atoms with Crippen LogP contribution < -0.4 is 10.6 Å². The summed E-state index contributed by atoms with van der Waals surface area (Å²) < 4.78 is 4.99. The molecule has 0 aromatic carbocycles. The summed E-state index contributed by atoms with van der Waals surface area (Å²) in [6, 6.07) is 0.843. The Kier molecular flexibility index (Phi) is 5.73. The highest BCUT2D eigenvalue weighted by Gasteiger charge is 2.23. The average molecular weight is 335 g/mol. The van der Waals surface area contributed by atoms with E-state index in [9.17, 15) is 19.2 Å². The van der Waals surface area contributed by atoms with Crippen LogP contribution in [0.4, 0.5) is 4.79 Å². The first kappa shape index (κ1) is 17.7. The Morgan fingerprint density at radius 2 is 1.92 bits per heavy atom. The molecular formula is C16H21N3O5. The Labute approximate surface area is 139 Å². The van der Waals surface area contributed by atoms with Crippen molar-refractivity contribution in [2.75, 3.05) is 0 Å². The molecule has 1 aromatic heterocycles. The molecule has 2 rings (SSSR count). The number of urea groups is 1. The number of nitrogens with one attached hydrogen (secondary N) is 3. The van der Waals surface area contributed by atoms with E-state index in [1.54, 1.807) is 0 Å². The number of amides is 3. The summed E-state index contributed by atoms with van der Waals surface area (Å²) in [5.74, 6) is -1.68. The number of imide groups is 1. The zero-order valence-corrected chi connectivity index (χ0v) is 13.7. The van der Waals surface area contributed by atoms with Crippen LogP contribution in [0.3, 0.4) is 0 Å². The second-order valence-electron chi connectivity index (χ2n) is 5.85. The van der Waals surface area contributed by atoms with Gasteiger partial charge in [-0.25, -0.2) is 9.59 Å². The topological polar surface area (TPSA) is 117 Å². The standard InChI is InChI=1S/C16H21N3O5/c1-9(20)11-7-13(17-8-11)15(22)24-10(2)14(21)19-16(23)18-12-5-3-4-6-12/h7-8,10,12,17H,3-6H2,1-2H3,(H2,18,19,21,23)/t10-/m1/s1. The van der Waals surface area contributed by atoms with Crippen LogP contribution in [0, 0.1) is 0 Å². The van der Waals surface area contributed by atoms with Crippen LogP contribution in [0.15, 0.2) is 12.3 Å². The summed E-state index contributed by atoms with van der Waals surface area (Å²) in [5.41, 5.74) is 0.408. The zero-order chi connectivity index (χ0) is 17.7. The molecule has 0 spiro atoms. The van der Waals surface area contributed by atoms with Crippen molar-refractivity contribution in [3.05, 3.63) is 23.5 Å². The molecule has 1 aromatic rings. The number of aromatic nitrogens is 1. The fraction of sp³-hybridized carbons (Fsp3) is 0.500. The van der Waals surface area contributed by atoms with E-state index in [2.05, 4.69) is 15.6 Å². The van der Waals surface area contributed by atoms with Crippen LogP contribution in [0.25, 0.3) is 0 Å². The molecule has 130 valence electrons. The minimum absolute atomic E-state index is 0.0651. The van der Waals surface area contributed by atoms with Gasteiger partial charge in [0.1, 0.15) is 5.69 Å². The van der Waals surface area contributed by atoms with Gasteiger partial charge in [0.25, 0.3) is 5.91 Å². The smallest absolute Gasteiger partial charge is 0.355 e. The molecule has 8 heteroatoms. The Morgan fingerprint density at radius 1 is 1.25 bits per heavy atom. The zero-order valence-electron chi connectivity index (χ0n) is 13.7. The van der Waals surface area contributed by atoms with E-state index in [0.29, 0.717) is 5.56 Å². The quantitative estimate of drug-likeness (QED) is 0.557. The van der Waals surface area contributed by atoms with E-state index in [-0.39, 0.29) is 17.5 Å². The summed E-state index contributed by atoms with van der Waals surface area (Å²) in [7, 11) is 0. The molecule has 1 fully saturated rings. The van der Waals surface area contributed by atoms with Gasteiger partial charge in [-0.1, -0.05) is 12.8 Å². The van der Waals surface area contributed by atoms with E-state index in [1.807, 2.05) is 0 Å². The molecule has 1 atom stereocenters. The fourth-order valence-corrected chi connectivity index (χ4v) is 2.50. The molecule has 24 heavy (non-hydrogen) atoms. The van der Waals surface area contributed by atoms with Crippen molar-refractivity contribution in [1.29, 1.82) is 0 Å². The molecule has 8 nitrogen and oxygen atoms in total. The molecule has 0 radical (unpaired) electrons. The number of H-pyrrole nitrogens is 1. The molecule has 1 heterocycles. The highest BCUT2D eigenvalue weighted by molar-refractivity contribution is 5.99. The van der Waals surface area contributed by atoms with Crippen molar-refractivity contribution in [3.63, 3.8) is 0 Å². The largest absolute Gasteiger partial charge is 0.448 e. The third-order valence-electron chi connectivity index (χ3n) is 3.89. The van der Waals surface area contributed by atoms with Gasteiger partial charge in [-0.2, -0.15) is 0 Å². The summed E-state index contributed by atoms with van der Waals surface area (Å²) in [6.45, 7) is 2.74. The third kappa shape index (κ3) is 4.68. The lowest BCUT2D eigenvalue weighted by atomic mass is 10.2. The van der Waals surface area contributed by atoms with Gasteiger partial charge in [-0.15, -0.1) is 0 Å². The van der Waals surface area contributed by atoms with Gasteiger partial charge >= 0.3 is 12.0 Å². The number of rotatable bonds is 5. The van der Waals surface area contributed by atoms with Gasteiger partial charge in [0.2, 0.25) is 0 Å².